The van der Waals surface area contributed by atoms with E-state index in [9.17, 15) is 4.79 Å². The maximum atomic E-state index is 11.4. The highest BCUT2D eigenvalue weighted by atomic mass is 16.5. The molecule has 1 saturated heterocycles. The Morgan fingerprint density at radius 3 is 2.62 bits per heavy atom. The van der Waals surface area contributed by atoms with Crippen LogP contribution in [0.3, 0.4) is 0 Å². The number of hydrogen-bond acceptors (Lipinski definition) is 5. The van der Waals surface area contributed by atoms with Crippen LogP contribution in [0.4, 0.5) is 0 Å². The van der Waals surface area contributed by atoms with E-state index in [1.54, 1.807) is 14.2 Å². The van der Waals surface area contributed by atoms with Gasteiger partial charge in [0.15, 0.2) is 0 Å². The van der Waals surface area contributed by atoms with Crippen LogP contribution in [-0.4, -0.2) is 75.5 Å². The fourth-order valence-corrected chi connectivity index (χ4v) is 3.28. The number of piperidine rings is 1. The molecule has 0 aromatic heterocycles. The third-order valence-corrected chi connectivity index (χ3v) is 4.59. The van der Waals surface area contributed by atoms with Gasteiger partial charge in [0, 0.05) is 45.9 Å². The van der Waals surface area contributed by atoms with Crippen molar-refractivity contribution >= 4 is 5.91 Å². The van der Waals surface area contributed by atoms with Gasteiger partial charge in [-0.15, -0.1) is 0 Å². The van der Waals surface area contributed by atoms with E-state index in [1.165, 1.54) is 0 Å². The molecule has 6 nitrogen and oxygen atoms in total. The highest BCUT2D eigenvalue weighted by Gasteiger charge is 2.43. The lowest BCUT2D eigenvalue weighted by molar-refractivity contribution is -0.134. The molecule has 1 saturated carbocycles. The van der Waals surface area contributed by atoms with Crippen molar-refractivity contribution in [2.24, 2.45) is 0 Å². The fourth-order valence-electron chi connectivity index (χ4n) is 3.28. The van der Waals surface area contributed by atoms with E-state index in [0.29, 0.717) is 18.6 Å². The molecule has 122 valence electrons. The Morgan fingerprint density at radius 2 is 2.05 bits per heavy atom. The molecule has 6 heteroatoms. The maximum absolute atomic E-state index is 11.4. The average Bonchev–Trinajstić information content (AvgIpc) is 2.48. The van der Waals surface area contributed by atoms with Gasteiger partial charge in [-0.05, 0) is 26.2 Å². The zero-order chi connectivity index (χ0) is 15.2. The van der Waals surface area contributed by atoms with Gasteiger partial charge in [-0.25, -0.2) is 0 Å². The second-order valence-corrected chi connectivity index (χ2v) is 5.93. The van der Waals surface area contributed by atoms with Gasteiger partial charge in [0.05, 0.1) is 18.8 Å². The Bertz CT molecular complexity index is 332. The lowest BCUT2D eigenvalue weighted by Gasteiger charge is -2.46. The normalized spacial score (nSPS) is 30.9. The van der Waals surface area contributed by atoms with Crippen LogP contribution in [-0.2, 0) is 14.3 Å². The zero-order valence-electron chi connectivity index (χ0n) is 13.4. The molecule has 21 heavy (non-hydrogen) atoms. The maximum Gasteiger partial charge on any atom is 0.233 e. The highest BCUT2D eigenvalue weighted by Crippen LogP contribution is 2.28. The molecule has 1 heterocycles. The van der Waals surface area contributed by atoms with Gasteiger partial charge in [0.25, 0.3) is 0 Å². The van der Waals surface area contributed by atoms with Crippen LogP contribution >= 0.6 is 0 Å². The Labute approximate surface area is 127 Å². The zero-order valence-corrected chi connectivity index (χ0v) is 13.4. The van der Waals surface area contributed by atoms with E-state index in [1.807, 2.05) is 6.92 Å². The summed E-state index contributed by atoms with van der Waals surface area (Å²) in [6, 6.07) is 0.929. The van der Waals surface area contributed by atoms with E-state index >= 15 is 0 Å². The van der Waals surface area contributed by atoms with Crippen molar-refractivity contribution in [2.45, 2.75) is 50.5 Å². The van der Waals surface area contributed by atoms with Gasteiger partial charge in [0.2, 0.25) is 5.91 Å². The minimum atomic E-state index is 0.0967. The summed E-state index contributed by atoms with van der Waals surface area (Å²) in [6.07, 6.45) is 3.62. The average molecular weight is 299 g/mol. The van der Waals surface area contributed by atoms with Crippen molar-refractivity contribution in [3.63, 3.8) is 0 Å². The van der Waals surface area contributed by atoms with Crippen molar-refractivity contribution in [3.8, 4) is 0 Å². The van der Waals surface area contributed by atoms with Crippen LogP contribution in [0, 0.1) is 0 Å². The first-order valence-electron chi connectivity index (χ1n) is 8.01. The number of ether oxygens (including phenoxy) is 2. The summed E-state index contributed by atoms with van der Waals surface area (Å²) in [4.78, 5) is 13.6. The minimum absolute atomic E-state index is 0.0967. The lowest BCUT2D eigenvalue weighted by atomic mass is 9.84. The summed E-state index contributed by atoms with van der Waals surface area (Å²) in [6.45, 7) is 5.24. The van der Waals surface area contributed by atoms with Crippen molar-refractivity contribution in [3.05, 3.63) is 0 Å². The summed E-state index contributed by atoms with van der Waals surface area (Å²) >= 11 is 0. The second-order valence-electron chi connectivity index (χ2n) is 5.93. The van der Waals surface area contributed by atoms with Gasteiger partial charge in [-0.3, -0.25) is 9.69 Å². The van der Waals surface area contributed by atoms with Crippen LogP contribution in [0.25, 0.3) is 0 Å². The molecule has 3 atom stereocenters. The van der Waals surface area contributed by atoms with E-state index in [4.69, 9.17) is 9.47 Å². The Balaban J connectivity index is 1.68. The molecule has 0 spiro atoms. The predicted octanol–water partition coefficient (Wildman–Crippen LogP) is -0.0212. The number of nitrogens with one attached hydrogen (secondary N) is 2. The molecule has 1 aliphatic carbocycles. The van der Waals surface area contributed by atoms with Crippen LogP contribution in [0.2, 0.25) is 0 Å². The SMILES string of the molecule is CCOC1CC(NC2CCN(CC(=O)NC)CC2)C1OC. The largest absolute Gasteiger partial charge is 0.377 e. The summed E-state index contributed by atoms with van der Waals surface area (Å²) < 4.78 is 11.2. The van der Waals surface area contributed by atoms with E-state index in [2.05, 4.69) is 15.5 Å². The summed E-state index contributed by atoms with van der Waals surface area (Å²) in [5.41, 5.74) is 0. The van der Waals surface area contributed by atoms with Gasteiger partial charge in [0.1, 0.15) is 0 Å². The lowest BCUT2D eigenvalue weighted by Crippen LogP contribution is -2.62. The standard InChI is InChI=1S/C15H29N3O3/c1-4-21-13-9-12(15(13)20-3)17-11-5-7-18(8-6-11)10-14(19)16-2/h11-13,15,17H,4-10H2,1-3H3,(H,16,19). The summed E-state index contributed by atoms with van der Waals surface area (Å²) in [5.74, 6) is 0.0967. The van der Waals surface area contributed by atoms with Gasteiger partial charge < -0.3 is 20.1 Å². The molecular formula is C15H29N3O3. The number of likely N-dealkylation sites (N-methyl/N-ethyl adjacent to an activating group) is 1. The van der Waals surface area contributed by atoms with Crippen LogP contribution in [0.1, 0.15) is 26.2 Å². The van der Waals surface area contributed by atoms with E-state index < -0.39 is 0 Å². The van der Waals surface area contributed by atoms with Gasteiger partial charge in [-0.2, -0.15) is 0 Å². The van der Waals surface area contributed by atoms with E-state index in [0.717, 1.165) is 39.0 Å². The van der Waals surface area contributed by atoms with Crippen molar-refractivity contribution < 1.29 is 14.3 Å². The predicted molar refractivity (Wildman–Crippen MR) is 81.3 cm³/mol. The molecule has 2 fully saturated rings. The van der Waals surface area contributed by atoms with Crippen LogP contribution in [0.15, 0.2) is 0 Å². The summed E-state index contributed by atoms with van der Waals surface area (Å²) in [5, 5.41) is 6.38. The number of likely N-dealkylation sites (tertiary alicyclic amines) is 1. The Kier molecular flexibility index (Phi) is 6.41. The Hall–Kier alpha value is -0.690. The monoisotopic (exact) mass is 299 g/mol. The molecule has 2 aliphatic rings. The molecule has 2 rings (SSSR count). The van der Waals surface area contributed by atoms with Crippen LogP contribution in [0.5, 0.6) is 0 Å². The number of amides is 1. The number of methoxy groups -OCH3 is 1. The molecule has 2 N–H and O–H groups in total. The molecule has 0 aromatic rings. The quantitative estimate of drug-likeness (QED) is 0.692. The van der Waals surface area contributed by atoms with Crippen molar-refractivity contribution in [1.29, 1.82) is 0 Å². The number of hydrogen-bond donors (Lipinski definition) is 2. The topological polar surface area (TPSA) is 62.8 Å². The molecule has 1 aliphatic heterocycles. The fraction of sp³-hybridized carbons (Fsp3) is 0.933. The number of carbonyl (C=O) groups excluding carboxylic acids is 1. The molecule has 0 radical (unpaired) electrons. The number of nitrogens with zero attached hydrogens (tertiary/aromatic N) is 1. The first-order chi connectivity index (χ1) is 10.2. The highest BCUT2D eigenvalue weighted by molar-refractivity contribution is 5.77. The first-order valence-corrected chi connectivity index (χ1v) is 8.01. The number of rotatable bonds is 7. The van der Waals surface area contributed by atoms with Gasteiger partial charge in [-0.1, -0.05) is 0 Å². The molecule has 0 aromatic carbocycles. The molecule has 3 unspecified atom stereocenters. The molecular weight excluding hydrogens is 270 g/mol. The Morgan fingerprint density at radius 1 is 1.33 bits per heavy atom. The first kappa shape index (κ1) is 16.7. The minimum Gasteiger partial charge on any atom is -0.377 e. The molecule has 0 bridgehead atoms. The smallest absolute Gasteiger partial charge is 0.233 e. The second kappa shape index (κ2) is 8.08. The van der Waals surface area contributed by atoms with Gasteiger partial charge >= 0.3 is 0 Å². The van der Waals surface area contributed by atoms with Crippen LogP contribution < -0.4 is 10.6 Å². The molecule has 1 amide bonds. The third-order valence-electron chi connectivity index (χ3n) is 4.59. The third kappa shape index (κ3) is 4.39. The van der Waals surface area contributed by atoms with Crippen molar-refractivity contribution in [2.75, 3.05) is 40.4 Å². The number of carbonyl (C=O) groups is 1. The van der Waals surface area contributed by atoms with E-state index in [-0.39, 0.29) is 18.1 Å². The summed E-state index contributed by atoms with van der Waals surface area (Å²) in [7, 11) is 3.45. The van der Waals surface area contributed by atoms with Crippen molar-refractivity contribution in [1.82, 2.24) is 15.5 Å².